The van der Waals surface area contributed by atoms with Crippen LogP contribution in [0, 0.1) is 19.7 Å². The van der Waals surface area contributed by atoms with Crippen LogP contribution in [0.2, 0.25) is 0 Å². The molecule has 1 aliphatic rings. The molecule has 1 heterocycles. The quantitative estimate of drug-likeness (QED) is 0.559. The van der Waals surface area contributed by atoms with Crippen LogP contribution in [-0.4, -0.2) is 42.9 Å². The van der Waals surface area contributed by atoms with Gasteiger partial charge in [0.15, 0.2) is 0 Å². The number of likely N-dealkylation sites (tertiary alicyclic amines) is 1. The predicted molar refractivity (Wildman–Crippen MR) is 126 cm³/mol. The lowest BCUT2D eigenvalue weighted by molar-refractivity contribution is 0.0786. The summed E-state index contributed by atoms with van der Waals surface area (Å²) in [5.74, 6) is -0.760. The Bertz CT molecular complexity index is 1230. The first kappa shape index (κ1) is 24.6. The number of carbonyl (C=O) groups excluding carboxylic acids is 1. The van der Waals surface area contributed by atoms with Crippen molar-refractivity contribution in [2.24, 2.45) is 5.73 Å². The van der Waals surface area contributed by atoms with Crippen molar-refractivity contribution in [3.8, 4) is 11.1 Å². The highest BCUT2D eigenvalue weighted by atomic mass is 32.2. The second kappa shape index (κ2) is 10.2. The lowest BCUT2D eigenvalue weighted by Crippen LogP contribution is -2.32. The highest BCUT2D eigenvalue weighted by Gasteiger charge is 2.26. The summed E-state index contributed by atoms with van der Waals surface area (Å²) in [6.45, 7) is 4.94. The van der Waals surface area contributed by atoms with Crippen LogP contribution in [0.25, 0.3) is 11.1 Å². The van der Waals surface area contributed by atoms with E-state index >= 15 is 0 Å². The average molecular weight is 471 g/mol. The van der Waals surface area contributed by atoms with Gasteiger partial charge in [0, 0.05) is 19.1 Å². The van der Waals surface area contributed by atoms with Gasteiger partial charge in [-0.2, -0.15) is 8.42 Å². The van der Waals surface area contributed by atoms with E-state index in [2.05, 4.69) is 0 Å². The Kier molecular flexibility index (Phi) is 7.63. The van der Waals surface area contributed by atoms with Crippen LogP contribution in [0.3, 0.4) is 0 Å². The van der Waals surface area contributed by atoms with Crippen LogP contribution in [0.4, 0.5) is 4.39 Å². The van der Waals surface area contributed by atoms with Gasteiger partial charge in [0.25, 0.3) is 16.0 Å². The van der Waals surface area contributed by atoms with Crippen molar-refractivity contribution in [3.05, 3.63) is 89.2 Å². The normalized spacial score (nSPS) is 15.7. The second-order valence-electron chi connectivity index (χ2n) is 8.15. The number of carbonyl (C=O) groups is 1. The number of amides is 1. The second-order valence-corrected chi connectivity index (χ2v) is 9.57. The topological polar surface area (TPSA) is 101 Å². The molecule has 174 valence electrons. The molecule has 6 nitrogen and oxygen atoms in total. The maximum atomic E-state index is 14.3. The summed E-state index contributed by atoms with van der Waals surface area (Å²) >= 11 is 0. The smallest absolute Gasteiger partial charge is 0.294 e. The molecule has 4 rings (SSSR count). The molecule has 8 heteroatoms. The Balaban J connectivity index is 0.000000235. The van der Waals surface area contributed by atoms with Crippen molar-refractivity contribution in [3.63, 3.8) is 0 Å². The molecule has 3 aromatic rings. The molecule has 0 spiro atoms. The van der Waals surface area contributed by atoms with Gasteiger partial charge in [-0.1, -0.05) is 53.6 Å². The van der Waals surface area contributed by atoms with E-state index in [4.69, 9.17) is 10.3 Å². The van der Waals surface area contributed by atoms with Crippen LogP contribution in [0.5, 0.6) is 0 Å². The molecule has 3 N–H and O–H groups in total. The van der Waals surface area contributed by atoms with Crippen LogP contribution >= 0.6 is 0 Å². The zero-order chi connectivity index (χ0) is 24.2. The Labute approximate surface area is 193 Å². The fourth-order valence-electron chi connectivity index (χ4n) is 3.47. The molecular weight excluding hydrogens is 443 g/mol. The lowest BCUT2D eigenvalue weighted by atomic mass is 10.0. The zero-order valence-electron chi connectivity index (χ0n) is 18.5. The fourth-order valence-corrected chi connectivity index (χ4v) is 3.95. The van der Waals surface area contributed by atoms with Gasteiger partial charge in [-0.3, -0.25) is 9.35 Å². The highest BCUT2D eigenvalue weighted by molar-refractivity contribution is 7.85. The Hall–Kier alpha value is -3.07. The molecule has 0 bridgehead atoms. The highest BCUT2D eigenvalue weighted by Crippen LogP contribution is 2.24. The van der Waals surface area contributed by atoms with Crippen LogP contribution in [0.1, 0.15) is 27.9 Å². The number of nitrogens with two attached hydrogens (primary N) is 1. The number of aryl methyl sites for hydroxylation is 2. The molecule has 1 fully saturated rings. The minimum absolute atomic E-state index is 0.00107. The Morgan fingerprint density at radius 2 is 1.52 bits per heavy atom. The van der Waals surface area contributed by atoms with Gasteiger partial charge < -0.3 is 10.6 Å². The molecule has 0 aliphatic carbocycles. The summed E-state index contributed by atoms with van der Waals surface area (Å²) in [5, 5.41) is 0. The molecule has 33 heavy (non-hydrogen) atoms. The Morgan fingerprint density at radius 3 is 2.00 bits per heavy atom. The first-order valence-corrected chi connectivity index (χ1v) is 11.9. The molecule has 1 aliphatic heterocycles. The van der Waals surface area contributed by atoms with Crippen molar-refractivity contribution in [2.75, 3.05) is 13.1 Å². The van der Waals surface area contributed by atoms with Crippen molar-refractivity contribution in [1.82, 2.24) is 4.90 Å². The third-order valence-electron chi connectivity index (χ3n) is 5.42. The molecule has 0 saturated carbocycles. The number of nitrogens with zero attached hydrogens (tertiary/aromatic N) is 1. The van der Waals surface area contributed by atoms with Gasteiger partial charge in [0.05, 0.1) is 10.5 Å². The number of benzene rings is 3. The first-order valence-electron chi connectivity index (χ1n) is 10.5. The molecule has 1 atom stereocenters. The first-order chi connectivity index (χ1) is 15.5. The van der Waals surface area contributed by atoms with Gasteiger partial charge in [-0.15, -0.1) is 0 Å². The van der Waals surface area contributed by atoms with Gasteiger partial charge in [0.2, 0.25) is 0 Å². The van der Waals surface area contributed by atoms with Crippen molar-refractivity contribution in [1.29, 1.82) is 0 Å². The zero-order valence-corrected chi connectivity index (χ0v) is 19.3. The monoisotopic (exact) mass is 470 g/mol. The van der Waals surface area contributed by atoms with Crippen molar-refractivity contribution >= 4 is 16.0 Å². The van der Waals surface area contributed by atoms with E-state index in [9.17, 15) is 17.6 Å². The number of halogens is 1. The van der Waals surface area contributed by atoms with Crippen molar-refractivity contribution in [2.45, 2.75) is 31.2 Å². The summed E-state index contributed by atoms with van der Waals surface area (Å²) in [7, 11) is -4.02. The third-order valence-corrected chi connectivity index (χ3v) is 6.28. The molecule has 0 aromatic heterocycles. The van der Waals surface area contributed by atoms with E-state index < -0.39 is 15.9 Å². The SMILES string of the molecule is Cc1ccc(-c2ccc(C(=O)N3CCC(N)C3)c(F)c2)cc1.Cc1ccc(S(=O)(=O)O)cc1. The third kappa shape index (κ3) is 6.47. The number of hydrogen-bond donors (Lipinski definition) is 2. The molecule has 1 saturated heterocycles. The standard InChI is InChI=1S/C18H19FN2O.C7H8O3S/c1-12-2-4-13(5-3-12)14-6-7-16(17(19)10-14)18(22)21-9-8-15(20)11-21;1-6-2-4-7(5-3-6)11(8,9)10/h2-7,10,15H,8-9,11,20H2,1H3;2-5H,1H3,(H,8,9,10). The van der Waals surface area contributed by atoms with E-state index in [1.54, 1.807) is 29.2 Å². The largest absolute Gasteiger partial charge is 0.337 e. The lowest BCUT2D eigenvalue weighted by Gasteiger charge is -2.16. The summed E-state index contributed by atoms with van der Waals surface area (Å²) in [6, 6.07) is 18.6. The number of hydrogen-bond acceptors (Lipinski definition) is 4. The van der Waals surface area contributed by atoms with E-state index in [0.29, 0.717) is 13.1 Å². The van der Waals surface area contributed by atoms with Gasteiger partial charge in [-0.25, -0.2) is 4.39 Å². The van der Waals surface area contributed by atoms with E-state index in [1.165, 1.54) is 18.2 Å². The Morgan fingerprint density at radius 1 is 0.970 bits per heavy atom. The maximum absolute atomic E-state index is 14.3. The predicted octanol–water partition coefficient (Wildman–Crippen LogP) is 4.22. The average Bonchev–Trinajstić information content (AvgIpc) is 3.20. The van der Waals surface area contributed by atoms with Gasteiger partial charge >= 0.3 is 0 Å². The summed E-state index contributed by atoms with van der Waals surface area (Å²) < 4.78 is 43.9. The summed E-state index contributed by atoms with van der Waals surface area (Å²) in [6.07, 6.45) is 0.773. The van der Waals surface area contributed by atoms with E-state index in [0.717, 1.165) is 28.7 Å². The van der Waals surface area contributed by atoms with Crippen molar-refractivity contribution < 1.29 is 22.2 Å². The maximum Gasteiger partial charge on any atom is 0.294 e. The minimum Gasteiger partial charge on any atom is -0.337 e. The molecule has 1 amide bonds. The van der Waals surface area contributed by atoms with Gasteiger partial charge in [0.1, 0.15) is 5.82 Å². The summed E-state index contributed by atoms with van der Waals surface area (Å²) in [4.78, 5) is 13.9. The molecule has 3 aromatic carbocycles. The van der Waals surface area contributed by atoms with E-state index in [1.807, 2.05) is 38.1 Å². The van der Waals surface area contributed by atoms with E-state index in [-0.39, 0.29) is 22.4 Å². The molecule has 1 unspecified atom stereocenters. The molecular formula is C25H27FN2O4S. The van der Waals surface area contributed by atoms with Crippen LogP contribution in [-0.2, 0) is 10.1 Å². The van der Waals surface area contributed by atoms with Crippen LogP contribution < -0.4 is 5.73 Å². The number of rotatable bonds is 3. The summed E-state index contributed by atoms with van der Waals surface area (Å²) in [5.41, 5.74) is 9.74. The fraction of sp³-hybridized carbons (Fsp3) is 0.240. The van der Waals surface area contributed by atoms with Gasteiger partial charge in [-0.05, 0) is 55.7 Å². The molecule has 0 radical (unpaired) electrons. The van der Waals surface area contributed by atoms with Crippen LogP contribution in [0.15, 0.2) is 71.6 Å². The minimum atomic E-state index is -4.02.